The number of carbonyl (C=O) groups is 1. The molecule has 0 aliphatic heterocycles. The van der Waals surface area contributed by atoms with E-state index in [0.29, 0.717) is 6.42 Å². The standard InChI is InChI=1S/C13H17NO3/c1-4-6-9(2)14-13(16)10-7-5-8-11(17-3)12(10)15/h4-5,7-9,15H,1,6H2,2-3H3,(H,14,16). The van der Waals surface area contributed by atoms with Gasteiger partial charge in [-0.25, -0.2) is 0 Å². The molecule has 0 heterocycles. The van der Waals surface area contributed by atoms with Crippen molar-refractivity contribution >= 4 is 5.91 Å². The summed E-state index contributed by atoms with van der Waals surface area (Å²) in [5.41, 5.74) is 0.209. The van der Waals surface area contributed by atoms with Crippen molar-refractivity contribution in [3.05, 3.63) is 36.4 Å². The number of ether oxygens (including phenoxy) is 1. The number of carbonyl (C=O) groups excluding carboxylic acids is 1. The Hall–Kier alpha value is -1.97. The zero-order chi connectivity index (χ0) is 12.8. The number of benzene rings is 1. The second-order valence-electron chi connectivity index (χ2n) is 3.76. The first kappa shape index (κ1) is 13.1. The third-order valence-electron chi connectivity index (χ3n) is 2.36. The highest BCUT2D eigenvalue weighted by molar-refractivity contribution is 5.97. The number of rotatable bonds is 5. The minimum Gasteiger partial charge on any atom is -0.504 e. The summed E-state index contributed by atoms with van der Waals surface area (Å²) < 4.78 is 4.94. The molecule has 0 radical (unpaired) electrons. The molecule has 4 heteroatoms. The quantitative estimate of drug-likeness (QED) is 0.768. The van der Waals surface area contributed by atoms with Crippen molar-refractivity contribution in [2.75, 3.05) is 7.11 Å². The monoisotopic (exact) mass is 235 g/mol. The van der Waals surface area contributed by atoms with Crippen LogP contribution in [0.1, 0.15) is 23.7 Å². The Labute approximate surface area is 101 Å². The summed E-state index contributed by atoms with van der Waals surface area (Å²) in [6.45, 7) is 5.48. The van der Waals surface area contributed by atoms with Gasteiger partial charge in [-0.15, -0.1) is 6.58 Å². The fourth-order valence-electron chi connectivity index (χ4n) is 1.48. The Balaban J connectivity index is 2.85. The van der Waals surface area contributed by atoms with Crippen molar-refractivity contribution in [3.8, 4) is 11.5 Å². The van der Waals surface area contributed by atoms with Crippen LogP contribution in [0.2, 0.25) is 0 Å². The van der Waals surface area contributed by atoms with Crippen LogP contribution >= 0.6 is 0 Å². The first-order valence-electron chi connectivity index (χ1n) is 5.37. The maximum Gasteiger partial charge on any atom is 0.255 e. The molecule has 4 nitrogen and oxygen atoms in total. The molecule has 1 amide bonds. The molecule has 0 aliphatic rings. The van der Waals surface area contributed by atoms with Gasteiger partial charge in [0, 0.05) is 6.04 Å². The molecular formula is C13H17NO3. The number of amides is 1. The van der Waals surface area contributed by atoms with Crippen molar-refractivity contribution in [2.45, 2.75) is 19.4 Å². The summed E-state index contributed by atoms with van der Waals surface area (Å²) in [5.74, 6) is -0.178. The molecule has 1 aromatic carbocycles. The van der Waals surface area contributed by atoms with Crippen molar-refractivity contribution in [1.82, 2.24) is 5.32 Å². The van der Waals surface area contributed by atoms with Crippen LogP contribution in [-0.2, 0) is 0 Å². The number of phenolic OH excluding ortho intramolecular Hbond substituents is 1. The largest absolute Gasteiger partial charge is 0.504 e. The van der Waals surface area contributed by atoms with E-state index >= 15 is 0 Å². The normalized spacial score (nSPS) is 11.6. The van der Waals surface area contributed by atoms with E-state index in [-0.39, 0.29) is 29.0 Å². The number of aromatic hydroxyl groups is 1. The van der Waals surface area contributed by atoms with E-state index in [0.717, 1.165) is 0 Å². The summed E-state index contributed by atoms with van der Waals surface area (Å²) >= 11 is 0. The highest BCUT2D eigenvalue weighted by Crippen LogP contribution is 2.29. The third kappa shape index (κ3) is 3.24. The first-order valence-corrected chi connectivity index (χ1v) is 5.37. The van der Waals surface area contributed by atoms with Gasteiger partial charge in [0.1, 0.15) is 0 Å². The smallest absolute Gasteiger partial charge is 0.255 e. The van der Waals surface area contributed by atoms with E-state index in [1.54, 1.807) is 24.3 Å². The SMILES string of the molecule is C=CCC(C)NC(=O)c1cccc(OC)c1O. The van der Waals surface area contributed by atoms with Gasteiger partial charge in [0.2, 0.25) is 0 Å². The predicted molar refractivity (Wildman–Crippen MR) is 66.4 cm³/mol. The van der Waals surface area contributed by atoms with Crippen LogP contribution in [0.4, 0.5) is 0 Å². The van der Waals surface area contributed by atoms with Gasteiger partial charge < -0.3 is 15.2 Å². The second kappa shape index (κ2) is 5.94. The average molecular weight is 235 g/mol. The molecule has 0 aromatic heterocycles. The van der Waals surface area contributed by atoms with Crippen molar-refractivity contribution in [1.29, 1.82) is 0 Å². The minimum absolute atomic E-state index is 0.0226. The van der Waals surface area contributed by atoms with E-state index in [9.17, 15) is 9.90 Å². The molecule has 0 saturated heterocycles. The number of para-hydroxylation sites is 1. The molecule has 17 heavy (non-hydrogen) atoms. The Morgan fingerprint density at radius 3 is 2.94 bits per heavy atom. The van der Waals surface area contributed by atoms with Crippen LogP contribution in [0.25, 0.3) is 0 Å². The third-order valence-corrected chi connectivity index (χ3v) is 2.36. The van der Waals surface area contributed by atoms with Crippen LogP contribution in [0.15, 0.2) is 30.9 Å². The van der Waals surface area contributed by atoms with Gasteiger partial charge in [0.05, 0.1) is 12.7 Å². The molecule has 1 aromatic rings. The van der Waals surface area contributed by atoms with Crippen LogP contribution in [-0.4, -0.2) is 24.2 Å². The molecule has 0 aliphatic carbocycles. The lowest BCUT2D eigenvalue weighted by molar-refractivity contribution is 0.0937. The van der Waals surface area contributed by atoms with Crippen LogP contribution < -0.4 is 10.1 Å². The van der Waals surface area contributed by atoms with Gasteiger partial charge in [-0.05, 0) is 25.5 Å². The molecule has 92 valence electrons. The molecular weight excluding hydrogens is 218 g/mol. The van der Waals surface area contributed by atoms with Crippen LogP contribution in [0.3, 0.4) is 0 Å². The molecule has 1 unspecified atom stereocenters. The number of hydrogen-bond donors (Lipinski definition) is 2. The van der Waals surface area contributed by atoms with E-state index in [1.807, 2.05) is 6.92 Å². The van der Waals surface area contributed by atoms with Crippen LogP contribution in [0, 0.1) is 0 Å². The topological polar surface area (TPSA) is 58.6 Å². The van der Waals surface area contributed by atoms with Gasteiger partial charge in [0.25, 0.3) is 5.91 Å². The van der Waals surface area contributed by atoms with E-state index < -0.39 is 0 Å². The lowest BCUT2D eigenvalue weighted by Crippen LogP contribution is -2.32. The highest BCUT2D eigenvalue weighted by atomic mass is 16.5. The zero-order valence-corrected chi connectivity index (χ0v) is 10.1. The first-order chi connectivity index (χ1) is 8.10. The van der Waals surface area contributed by atoms with Gasteiger partial charge in [0.15, 0.2) is 11.5 Å². The fraction of sp³-hybridized carbons (Fsp3) is 0.308. The predicted octanol–water partition coefficient (Wildman–Crippen LogP) is 2.10. The number of phenols is 1. The fourth-order valence-corrected chi connectivity index (χ4v) is 1.48. The van der Waals surface area contributed by atoms with E-state index in [1.165, 1.54) is 7.11 Å². The van der Waals surface area contributed by atoms with Crippen LogP contribution in [0.5, 0.6) is 11.5 Å². The Morgan fingerprint density at radius 2 is 2.35 bits per heavy atom. The minimum atomic E-state index is -0.323. The van der Waals surface area contributed by atoms with E-state index in [2.05, 4.69) is 11.9 Å². The summed E-state index contributed by atoms with van der Waals surface area (Å²) in [4.78, 5) is 11.9. The molecule has 1 atom stereocenters. The van der Waals surface area contributed by atoms with Gasteiger partial charge in [-0.3, -0.25) is 4.79 Å². The summed E-state index contributed by atoms with van der Waals surface area (Å²) in [6, 6.07) is 4.78. The molecule has 1 rings (SSSR count). The molecule has 2 N–H and O–H groups in total. The molecule has 0 spiro atoms. The summed E-state index contributed by atoms with van der Waals surface area (Å²) in [5, 5.41) is 12.6. The zero-order valence-electron chi connectivity index (χ0n) is 10.1. The van der Waals surface area contributed by atoms with Gasteiger partial charge in [-0.2, -0.15) is 0 Å². The van der Waals surface area contributed by atoms with E-state index in [4.69, 9.17) is 4.74 Å². The van der Waals surface area contributed by atoms with Gasteiger partial charge >= 0.3 is 0 Å². The number of methoxy groups -OCH3 is 1. The summed E-state index contributed by atoms with van der Waals surface area (Å²) in [7, 11) is 1.44. The highest BCUT2D eigenvalue weighted by Gasteiger charge is 2.15. The second-order valence-corrected chi connectivity index (χ2v) is 3.76. The molecule has 0 fully saturated rings. The lowest BCUT2D eigenvalue weighted by atomic mass is 10.1. The number of nitrogens with one attached hydrogen (secondary N) is 1. The maximum atomic E-state index is 11.9. The lowest BCUT2D eigenvalue weighted by Gasteiger charge is -2.13. The van der Waals surface area contributed by atoms with Crippen molar-refractivity contribution in [3.63, 3.8) is 0 Å². The summed E-state index contributed by atoms with van der Waals surface area (Å²) in [6.07, 6.45) is 2.41. The molecule has 0 bridgehead atoms. The average Bonchev–Trinajstić information content (AvgIpc) is 2.29. The van der Waals surface area contributed by atoms with Gasteiger partial charge in [-0.1, -0.05) is 12.1 Å². The molecule has 0 saturated carbocycles. The maximum absolute atomic E-state index is 11.9. The number of hydrogen-bond acceptors (Lipinski definition) is 3. The Kier molecular flexibility index (Phi) is 4.57. The Bertz CT molecular complexity index is 415. The van der Waals surface area contributed by atoms with Crippen molar-refractivity contribution in [2.24, 2.45) is 0 Å². The Morgan fingerprint density at radius 1 is 1.65 bits per heavy atom. The van der Waals surface area contributed by atoms with Crippen molar-refractivity contribution < 1.29 is 14.6 Å².